The van der Waals surface area contributed by atoms with Crippen molar-refractivity contribution in [3.8, 4) is 0 Å². The normalized spacial score (nSPS) is 22.8. The van der Waals surface area contributed by atoms with E-state index in [1.165, 1.54) is 0 Å². The first kappa shape index (κ1) is 13.7. The number of hydrogen-bond acceptors (Lipinski definition) is 6. The van der Waals surface area contributed by atoms with Crippen molar-refractivity contribution in [2.45, 2.75) is 6.04 Å². The van der Waals surface area contributed by atoms with Crippen LogP contribution >= 0.6 is 11.8 Å². The number of nitrogens with one attached hydrogen (secondary N) is 2. The molecular weight excluding hydrogens is 276 g/mol. The van der Waals surface area contributed by atoms with Gasteiger partial charge in [0, 0.05) is 24.7 Å². The zero-order chi connectivity index (χ0) is 13.8. The van der Waals surface area contributed by atoms with E-state index in [1.54, 1.807) is 18.0 Å². The van der Waals surface area contributed by atoms with Crippen LogP contribution in [0.5, 0.6) is 0 Å². The van der Waals surface area contributed by atoms with E-state index in [2.05, 4.69) is 20.5 Å². The highest BCUT2D eigenvalue weighted by molar-refractivity contribution is 7.99. The average Bonchev–Trinajstić information content (AvgIpc) is 3.03. The maximum Gasteiger partial charge on any atom is 0.242 e. The Labute approximate surface area is 122 Å². The highest BCUT2D eigenvalue weighted by Crippen LogP contribution is 2.16. The lowest BCUT2D eigenvalue weighted by Crippen LogP contribution is -2.37. The van der Waals surface area contributed by atoms with Crippen LogP contribution in [0.1, 0.15) is 0 Å². The van der Waals surface area contributed by atoms with Gasteiger partial charge < -0.3 is 15.0 Å². The fraction of sp³-hybridized carbons (Fsp3) is 0.538. The van der Waals surface area contributed by atoms with Gasteiger partial charge in [0.05, 0.1) is 31.1 Å². The van der Waals surface area contributed by atoms with Crippen molar-refractivity contribution in [1.82, 2.24) is 10.3 Å². The summed E-state index contributed by atoms with van der Waals surface area (Å²) in [5.41, 5.74) is 0.741. The Morgan fingerprint density at radius 1 is 1.45 bits per heavy atom. The van der Waals surface area contributed by atoms with Gasteiger partial charge in [-0.3, -0.25) is 10.1 Å². The molecule has 1 atom stereocenters. The molecule has 0 saturated carbocycles. The van der Waals surface area contributed by atoms with Gasteiger partial charge in [-0.2, -0.15) is 0 Å². The molecule has 1 unspecified atom stereocenters. The first-order chi connectivity index (χ1) is 9.83. The van der Waals surface area contributed by atoms with Gasteiger partial charge in [-0.25, -0.2) is 4.98 Å². The van der Waals surface area contributed by atoms with Gasteiger partial charge in [-0.05, 0) is 12.1 Å². The summed E-state index contributed by atoms with van der Waals surface area (Å²) in [6, 6.07) is 3.74. The molecule has 108 valence electrons. The van der Waals surface area contributed by atoms with Crippen LogP contribution in [0.3, 0.4) is 0 Å². The van der Waals surface area contributed by atoms with Crippen LogP contribution in [0.4, 0.5) is 11.5 Å². The number of amides is 1. The molecule has 2 saturated heterocycles. The molecule has 0 aromatic carbocycles. The molecule has 2 aliphatic heterocycles. The first-order valence-corrected chi connectivity index (χ1v) is 7.89. The van der Waals surface area contributed by atoms with Gasteiger partial charge in [-0.15, -0.1) is 11.8 Å². The second kappa shape index (κ2) is 6.43. The highest BCUT2D eigenvalue weighted by atomic mass is 32.2. The quantitative estimate of drug-likeness (QED) is 0.847. The standard InChI is InChI=1S/C13H18N4O2S/c18-13(11-8-20-9-15-11)16-10-1-2-12(14-7-10)17-3-5-19-6-4-17/h1-2,7,11,15H,3-6,8-9H2,(H,16,18). The zero-order valence-corrected chi connectivity index (χ0v) is 12.0. The van der Waals surface area contributed by atoms with Crippen molar-refractivity contribution in [2.75, 3.05) is 48.1 Å². The smallest absolute Gasteiger partial charge is 0.242 e. The minimum absolute atomic E-state index is 0.0101. The Morgan fingerprint density at radius 3 is 2.95 bits per heavy atom. The number of rotatable bonds is 3. The zero-order valence-electron chi connectivity index (χ0n) is 11.2. The minimum atomic E-state index is -0.0982. The molecule has 0 aliphatic carbocycles. The molecule has 20 heavy (non-hydrogen) atoms. The summed E-state index contributed by atoms with van der Waals surface area (Å²) < 4.78 is 5.32. The summed E-state index contributed by atoms with van der Waals surface area (Å²) in [5, 5.41) is 6.04. The molecule has 3 heterocycles. The summed E-state index contributed by atoms with van der Waals surface area (Å²) in [7, 11) is 0. The molecule has 2 aliphatic rings. The van der Waals surface area contributed by atoms with Crippen LogP contribution in [-0.2, 0) is 9.53 Å². The van der Waals surface area contributed by atoms with E-state index in [-0.39, 0.29) is 11.9 Å². The molecule has 0 spiro atoms. The van der Waals surface area contributed by atoms with E-state index in [1.807, 2.05) is 12.1 Å². The van der Waals surface area contributed by atoms with E-state index in [9.17, 15) is 4.79 Å². The van der Waals surface area contributed by atoms with Gasteiger partial charge in [-0.1, -0.05) is 0 Å². The lowest BCUT2D eigenvalue weighted by molar-refractivity contribution is -0.117. The van der Waals surface area contributed by atoms with Crippen molar-refractivity contribution in [1.29, 1.82) is 0 Å². The number of hydrogen-bond donors (Lipinski definition) is 2. The van der Waals surface area contributed by atoms with Crippen molar-refractivity contribution in [3.05, 3.63) is 18.3 Å². The number of morpholine rings is 1. The maximum atomic E-state index is 12.0. The molecule has 1 aromatic heterocycles. The number of aromatic nitrogens is 1. The Balaban J connectivity index is 1.59. The lowest BCUT2D eigenvalue weighted by atomic mass is 10.3. The molecular formula is C13H18N4O2S. The fourth-order valence-corrected chi connectivity index (χ4v) is 3.17. The van der Waals surface area contributed by atoms with E-state index in [0.29, 0.717) is 0 Å². The van der Waals surface area contributed by atoms with E-state index in [4.69, 9.17) is 4.74 Å². The number of nitrogens with zero attached hydrogens (tertiary/aromatic N) is 2. The third kappa shape index (κ3) is 3.23. The molecule has 0 radical (unpaired) electrons. The van der Waals surface area contributed by atoms with E-state index in [0.717, 1.165) is 49.4 Å². The Bertz CT molecular complexity index is 456. The molecule has 1 amide bonds. The number of carbonyl (C=O) groups excluding carboxylic acids is 1. The summed E-state index contributed by atoms with van der Waals surface area (Å²) in [4.78, 5) is 18.6. The third-order valence-electron chi connectivity index (χ3n) is 3.38. The SMILES string of the molecule is O=C(Nc1ccc(N2CCOCC2)nc1)C1CSCN1. The van der Waals surface area contributed by atoms with Gasteiger partial charge >= 0.3 is 0 Å². The van der Waals surface area contributed by atoms with Crippen molar-refractivity contribution in [3.63, 3.8) is 0 Å². The first-order valence-electron chi connectivity index (χ1n) is 6.74. The molecule has 2 fully saturated rings. The summed E-state index contributed by atoms with van der Waals surface area (Å²) in [6.45, 7) is 3.21. The van der Waals surface area contributed by atoms with Crippen molar-refractivity contribution >= 4 is 29.2 Å². The Morgan fingerprint density at radius 2 is 2.30 bits per heavy atom. The highest BCUT2D eigenvalue weighted by Gasteiger charge is 2.22. The van der Waals surface area contributed by atoms with Crippen LogP contribution in [0.25, 0.3) is 0 Å². The molecule has 6 nitrogen and oxygen atoms in total. The van der Waals surface area contributed by atoms with Crippen LogP contribution in [0, 0.1) is 0 Å². The molecule has 2 N–H and O–H groups in total. The van der Waals surface area contributed by atoms with Gasteiger partial charge in [0.1, 0.15) is 5.82 Å². The summed E-state index contributed by atoms with van der Waals surface area (Å²) >= 11 is 1.74. The maximum absolute atomic E-state index is 12.0. The van der Waals surface area contributed by atoms with Crippen molar-refractivity contribution < 1.29 is 9.53 Å². The number of ether oxygens (including phenoxy) is 1. The fourth-order valence-electron chi connectivity index (χ4n) is 2.23. The van der Waals surface area contributed by atoms with Gasteiger partial charge in [0.2, 0.25) is 5.91 Å². The van der Waals surface area contributed by atoms with Crippen LogP contribution in [0.15, 0.2) is 18.3 Å². The molecule has 1 aromatic rings. The van der Waals surface area contributed by atoms with Crippen LogP contribution < -0.4 is 15.5 Å². The second-order valence-electron chi connectivity index (χ2n) is 4.77. The monoisotopic (exact) mass is 294 g/mol. The van der Waals surface area contributed by atoms with Crippen LogP contribution in [0.2, 0.25) is 0 Å². The Kier molecular flexibility index (Phi) is 4.39. The third-order valence-corrected chi connectivity index (χ3v) is 4.32. The van der Waals surface area contributed by atoms with Gasteiger partial charge in [0.25, 0.3) is 0 Å². The molecule has 7 heteroatoms. The number of pyridine rings is 1. The summed E-state index contributed by atoms with van der Waals surface area (Å²) in [5.74, 6) is 2.61. The predicted octanol–water partition coefficient (Wildman–Crippen LogP) is 0.519. The minimum Gasteiger partial charge on any atom is -0.378 e. The molecule has 3 rings (SSSR count). The van der Waals surface area contributed by atoms with Crippen LogP contribution in [-0.4, -0.2) is 54.9 Å². The Hall–Kier alpha value is -1.31. The van der Waals surface area contributed by atoms with E-state index >= 15 is 0 Å². The average molecular weight is 294 g/mol. The lowest BCUT2D eigenvalue weighted by Gasteiger charge is -2.27. The van der Waals surface area contributed by atoms with Crippen molar-refractivity contribution in [2.24, 2.45) is 0 Å². The predicted molar refractivity (Wildman–Crippen MR) is 80.1 cm³/mol. The molecule has 0 bridgehead atoms. The topological polar surface area (TPSA) is 66.5 Å². The largest absolute Gasteiger partial charge is 0.378 e. The number of carbonyl (C=O) groups is 1. The second-order valence-corrected chi connectivity index (χ2v) is 5.80. The number of anilines is 2. The summed E-state index contributed by atoms with van der Waals surface area (Å²) in [6.07, 6.45) is 1.71. The number of thioether (sulfide) groups is 1. The van der Waals surface area contributed by atoms with Gasteiger partial charge in [0.15, 0.2) is 0 Å². The van der Waals surface area contributed by atoms with E-state index < -0.39 is 0 Å².